The minimum atomic E-state index is -5.68. The predicted octanol–water partition coefficient (Wildman–Crippen LogP) is 5.10. The first-order valence-corrected chi connectivity index (χ1v) is 11.4. The first-order valence-electron chi connectivity index (χ1n) is 10.2. The zero-order chi connectivity index (χ0) is 25.0. The molecule has 1 aromatic rings. The van der Waals surface area contributed by atoms with Crippen LogP contribution in [0.4, 0.5) is 32.0 Å². The number of hydrogen-bond donors (Lipinski definition) is 0. The number of piperazine rings is 1. The Hall–Kier alpha value is -1.53. The number of benzene rings is 1. The summed E-state index contributed by atoms with van der Waals surface area (Å²) < 4.78 is 90.1. The highest BCUT2D eigenvalue weighted by Gasteiger charge is 2.72. The Morgan fingerprint density at radius 3 is 2.15 bits per heavy atom. The van der Waals surface area contributed by atoms with Crippen LogP contribution in [0.5, 0.6) is 0 Å². The Balaban J connectivity index is 2.18. The Morgan fingerprint density at radius 1 is 1.12 bits per heavy atom. The van der Waals surface area contributed by atoms with Crippen LogP contribution < -0.4 is 4.90 Å². The summed E-state index contributed by atoms with van der Waals surface area (Å²) in [6.45, 7) is 3.70. The van der Waals surface area contributed by atoms with Gasteiger partial charge in [-0.05, 0) is 30.5 Å². The molecule has 0 aromatic heterocycles. The van der Waals surface area contributed by atoms with Gasteiger partial charge in [0.25, 0.3) is 5.60 Å². The molecule has 1 aliphatic heterocycles. The number of rotatable bonds is 8. The lowest BCUT2D eigenvalue weighted by Crippen LogP contribution is -2.59. The third kappa shape index (κ3) is 6.13. The second-order valence-corrected chi connectivity index (χ2v) is 8.65. The number of ether oxygens (including phenoxy) is 2. The van der Waals surface area contributed by atoms with Crippen molar-refractivity contribution in [3.8, 4) is 0 Å². The van der Waals surface area contributed by atoms with Crippen molar-refractivity contribution in [3.05, 3.63) is 29.8 Å². The fourth-order valence-electron chi connectivity index (χ4n) is 3.98. The summed E-state index contributed by atoms with van der Waals surface area (Å²) in [6, 6.07) is 6.33. The summed E-state index contributed by atoms with van der Waals surface area (Å²) >= 11 is 3.16. The topological polar surface area (TPSA) is 42.0 Å². The maximum absolute atomic E-state index is 13.6. The molecule has 1 aromatic carbocycles. The van der Waals surface area contributed by atoms with Crippen LogP contribution in [0.3, 0.4) is 0 Å². The number of anilines is 1. The average molecular weight is 549 g/mol. The molecule has 2 atom stereocenters. The number of halogens is 7. The molecule has 33 heavy (non-hydrogen) atoms. The van der Waals surface area contributed by atoms with Crippen LogP contribution in [0.1, 0.15) is 31.7 Å². The van der Waals surface area contributed by atoms with Crippen LogP contribution >= 0.6 is 15.9 Å². The van der Waals surface area contributed by atoms with Crippen molar-refractivity contribution in [2.75, 3.05) is 43.8 Å². The number of alkyl halides is 7. The summed E-state index contributed by atoms with van der Waals surface area (Å²) in [5.74, 6) is -1.12. The van der Waals surface area contributed by atoms with E-state index in [9.17, 15) is 31.1 Å². The Labute approximate surface area is 197 Å². The molecule has 1 saturated heterocycles. The highest BCUT2D eigenvalue weighted by atomic mass is 79.9. The van der Waals surface area contributed by atoms with E-state index >= 15 is 0 Å². The number of amides is 1. The van der Waals surface area contributed by atoms with Crippen LogP contribution in [0.25, 0.3) is 0 Å². The van der Waals surface area contributed by atoms with E-state index in [1.54, 1.807) is 17.0 Å². The lowest BCUT2D eigenvalue weighted by Gasteiger charge is -2.41. The van der Waals surface area contributed by atoms with E-state index in [0.29, 0.717) is 25.2 Å². The predicted molar refractivity (Wildman–Crippen MR) is 114 cm³/mol. The monoisotopic (exact) mass is 548 g/mol. The quantitative estimate of drug-likeness (QED) is 0.257. The fraction of sp³-hybridized carbons (Fsp3) is 0.667. The van der Waals surface area contributed by atoms with E-state index in [0.717, 1.165) is 12.8 Å². The standard InChI is InChI=1S/C21H27BrF6N2O3/c1-14(10-19(20(23,24)25,21(26,27)28)33-13-32-3)16-4-6-17(7-5-16)29-8-9-30(15(2)12-29)18(31)11-22/h4-7,14-15H,8-13H2,1-3H3/t14?,15-/m0/s1. The van der Waals surface area contributed by atoms with Crippen molar-refractivity contribution < 1.29 is 40.6 Å². The van der Waals surface area contributed by atoms with Crippen LogP contribution in [0, 0.1) is 0 Å². The third-order valence-corrected chi connectivity index (χ3v) is 6.30. The summed E-state index contributed by atoms with van der Waals surface area (Å²) in [5.41, 5.74) is -3.25. The van der Waals surface area contributed by atoms with Crippen LogP contribution in [0.15, 0.2) is 24.3 Å². The van der Waals surface area contributed by atoms with E-state index < -0.39 is 37.1 Å². The Kier molecular flexibility index (Phi) is 9.08. The van der Waals surface area contributed by atoms with Crippen molar-refractivity contribution in [1.82, 2.24) is 4.90 Å². The normalized spacial score (nSPS) is 19.0. The molecule has 0 radical (unpaired) electrons. The van der Waals surface area contributed by atoms with Gasteiger partial charge in [-0.15, -0.1) is 0 Å². The van der Waals surface area contributed by atoms with Crippen molar-refractivity contribution in [3.63, 3.8) is 0 Å². The zero-order valence-corrected chi connectivity index (χ0v) is 20.1. The van der Waals surface area contributed by atoms with Crippen molar-refractivity contribution in [2.45, 2.75) is 50.2 Å². The van der Waals surface area contributed by atoms with Gasteiger partial charge in [-0.1, -0.05) is 35.0 Å². The van der Waals surface area contributed by atoms with Gasteiger partial charge in [0.05, 0.1) is 5.33 Å². The lowest BCUT2D eigenvalue weighted by atomic mass is 9.85. The van der Waals surface area contributed by atoms with Crippen molar-refractivity contribution >= 4 is 27.5 Å². The molecule has 0 spiro atoms. The van der Waals surface area contributed by atoms with Crippen LogP contribution in [-0.4, -0.2) is 73.7 Å². The minimum Gasteiger partial charge on any atom is -0.368 e. The molecule has 188 valence electrons. The van der Waals surface area contributed by atoms with E-state index in [-0.39, 0.29) is 17.3 Å². The molecule has 0 aliphatic carbocycles. The molecule has 5 nitrogen and oxygen atoms in total. The maximum atomic E-state index is 13.6. The fourth-order valence-corrected chi connectivity index (χ4v) is 4.30. The lowest BCUT2D eigenvalue weighted by molar-refractivity contribution is -0.394. The molecular weight excluding hydrogens is 522 g/mol. The van der Waals surface area contributed by atoms with Gasteiger partial charge in [0.2, 0.25) is 5.91 Å². The summed E-state index contributed by atoms with van der Waals surface area (Å²) in [5, 5.41) is 0.232. The first-order chi connectivity index (χ1) is 15.3. The van der Waals surface area contributed by atoms with Crippen LogP contribution in [0.2, 0.25) is 0 Å². The molecule has 2 rings (SSSR count). The van der Waals surface area contributed by atoms with Crippen LogP contribution in [-0.2, 0) is 14.3 Å². The van der Waals surface area contributed by atoms with E-state index in [2.05, 4.69) is 25.4 Å². The molecule has 1 heterocycles. The highest BCUT2D eigenvalue weighted by Crippen LogP contribution is 2.50. The summed E-state index contributed by atoms with van der Waals surface area (Å²) in [4.78, 5) is 15.7. The largest absolute Gasteiger partial charge is 0.426 e. The second-order valence-electron chi connectivity index (χ2n) is 8.09. The Bertz CT molecular complexity index is 774. The zero-order valence-electron chi connectivity index (χ0n) is 18.5. The number of carbonyl (C=O) groups excluding carboxylic acids is 1. The molecule has 0 bridgehead atoms. The van der Waals surface area contributed by atoms with E-state index in [4.69, 9.17) is 0 Å². The third-order valence-electron chi connectivity index (χ3n) is 5.82. The van der Waals surface area contributed by atoms with Gasteiger partial charge >= 0.3 is 12.4 Å². The number of methoxy groups -OCH3 is 1. The molecule has 1 aliphatic rings. The van der Waals surface area contributed by atoms with E-state index in [1.165, 1.54) is 19.1 Å². The van der Waals surface area contributed by atoms with Gasteiger partial charge in [0.15, 0.2) is 0 Å². The second kappa shape index (κ2) is 10.8. The number of carbonyl (C=O) groups is 1. The minimum absolute atomic E-state index is 0.0140. The van der Waals surface area contributed by atoms with Gasteiger partial charge in [-0.3, -0.25) is 4.79 Å². The molecule has 0 saturated carbocycles. The van der Waals surface area contributed by atoms with Crippen molar-refractivity contribution in [2.24, 2.45) is 0 Å². The van der Waals surface area contributed by atoms with E-state index in [1.807, 2.05) is 11.8 Å². The van der Waals surface area contributed by atoms with Gasteiger partial charge in [0, 0.05) is 44.9 Å². The number of nitrogens with zero attached hydrogens (tertiary/aromatic N) is 2. The molecule has 12 heteroatoms. The maximum Gasteiger partial charge on any atom is 0.426 e. The average Bonchev–Trinajstić information content (AvgIpc) is 2.74. The molecule has 1 amide bonds. The molecular formula is C21H27BrF6N2O3. The smallest absolute Gasteiger partial charge is 0.368 e. The van der Waals surface area contributed by atoms with Gasteiger partial charge in [-0.2, -0.15) is 26.3 Å². The van der Waals surface area contributed by atoms with Gasteiger partial charge < -0.3 is 19.3 Å². The van der Waals surface area contributed by atoms with Gasteiger partial charge in [0.1, 0.15) is 6.79 Å². The Morgan fingerprint density at radius 2 is 1.70 bits per heavy atom. The molecule has 1 unspecified atom stereocenters. The SMILES string of the molecule is COCOC(CC(C)c1ccc(N2CCN(C(=O)CBr)[C@@H](C)C2)cc1)(C(F)(F)F)C(F)(F)F. The summed E-state index contributed by atoms with van der Waals surface area (Å²) in [7, 11) is 0.955. The number of hydrogen-bond acceptors (Lipinski definition) is 4. The molecule has 1 fully saturated rings. The molecule has 0 N–H and O–H groups in total. The first kappa shape index (κ1) is 27.7. The summed E-state index contributed by atoms with van der Waals surface area (Å²) in [6.07, 6.45) is -12.7. The highest BCUT2D eigenvalue weighted by molar-refractivity contribution is 9.09. The van der Waals surface area contributed by atoms with Crippen molar-refractivity contribution in [1.29, 1.82) is 0 Å². The van der Waals surface area contributed by atoms with Gasteiger partial charge in [-0.25, -0.2) is 0 Å².